The van der Waals surface area contributed by atoms with Gasteiger partial charge in [0, 0.05) is 5.56 Å². The fourth-order valence-corrected chi connectivity index (χ4v) is 2.56. The van der Waals surface area contributed by atoms with E-state index in [1.807, 2.05) is 0 Å². The molecule has 3 rings (SSSR count). The molecule has 0 radical (unpaired) electrons. The minimum atomic E-state index is -0.448. The van der Waals surface area contributed by atoms with Gasteiger partial charge in [0.15, 0.2) is 6.61 Å². The summed E-state index contributed by atoms with van der Waals surface area (Å²) in [5.74, 6) is -0.705. The van der Waals surface area contributed by atoms with Gasteiger partial charge in [0.2, 0.25) is 0 Å². The van der Waals surface area contributed by atoms with Crippen molar-refractivity contribution in [2.24, 2.45) is 5.10 Å². The van der Waals surface area contributed by atoms with Gasteiger partial charge >= 0.3 is 0 Å². The summed E-state index contributed by atoms with van der Waals surface area (Å²) in [7, 11) is 0. The lowest BCUT2D eigenvalue weighted by molar-refractivity contribution is -0.118. The third-order valence-electron chi connectivity index (χ3n) is 3.88. The molecular weight excluding hydrogens is 409 g/mol. The van der Waals surface area contributed by atoms with Crippen LogP contribution in [-0.4, -0.2) is 24.6 Å². The molecule has 3 aromatic rings. The van der Waals surface area contributed by atoms with Crippen molar-refractivity contribution in [1.29, 1.82) is 0 Å². The van der Waals surface area contributed by atoms with Gasteiger partial charge in [-0.3, -0.25) is 9.59 Å². The quantitative estimate of drug-likeness (QED) is 0.438. The maximum atomic E-state index is 12.9. The van der Waals surface area contributed by atoms with E-state index >= 15 is 0 Å². The van der Waals surface area contributed by atoms with Crippen LogP contribution in [-0.2, 0) is 4.79 Å². The minimum absolute atomic E-state index is 0.174. The molecule has 0 aliphatic rings. The van der Waals surface area contributed by atoms with Gasteiger partial charge in [0.05, 0.1) is 16.9 Å². The van der Waals surface area contributed by atoms with Crippen LogP contribution >= 0.6 is 11.6 Å². The second kappa shape index (κ2) is 10.2. The van der Waals surface area contributed by atoms with Crippen molar-refractivity contribution in [3.8, 4) is 5.75 Å². The Morgan fingerprint density at radius 1 is 1.00 bits per heavy atom. The molecule has 0 aromatic heterocycles. The summed E-state index contributed by atoms with van der Waals surface area (Å²) in [5, 5.41) is 6.98. The van der Waals surface area contributed by atoms with Gasteiger partial charge < -0.3 is 10.1 Å². The summed E-state index contributed by atoms with van der Waals surface area (Å²) in [6.45, 7) is -0.174. The topological polar surface area (TPSA) is 79.8 Å². The lowest BCUT2D eigenvalue weighted by atomic mass is 10.2. The van der Waals surface area contributed by atoms with Crippen molar-refractivity contribution < 1.29 is 18.7 Å². The number of hydrogen-bond acceptors (Lipinski definition) is 4. The molecule has 0 spiro atoms. The van der Waals surface area contributed by atoms with E-state index in [2.05, 4.69) is 15.8 Å². The molecule has 2 N–H and O–H groups in total. The third-order valence-corrected chi connectivity index (χ3v) is 4.21. The summed E-state index contributed by atoms with van der Waals surface area (Å²) in [4.78, 5) is 23.9. The Kier molecular flexibility index (Phi) is 7.13. The van der Waals surface area contributed by atoms with E-state index in [-0.39, 0.29) is 12.5 Å². The molecule has 3 aromatic carbocycles. The zero-order valence-electron chi connectivity index (χ0n) is 15.6. The number of halogens is 2. The number of nitrogens with one attached hydrogen (secondary N) is 2. The van der Waals surface area contributed by atoms with Gasteiger partial charge in [-0.25, -0.2) is 9.82 Å². The first-order valence-corrected chi connectivity index (χ1v) is 9.25. The van der Waals surface area contributed by atoms with E-state index < -0.39 is 11.7 Å². The summed E-state index contributed by atoms with van der Waals surface area (Å²) in [6.07, 6.45) is 1.45. The van der Waals surface area contributed by atoms with Crippen molar-refractivity contribution in [2.75, 3.05) is 11.9 Å². The predicted octanol–water partition coefficient (Wildman–Crippen LogP) is 4.26. The van der Waals surface area contributed by atoms with E-state index in [0.29, 0.717) is 27.6 Å². The average Bonchev–Trinajstić information content (AvgIpc) is 2.75. The molecule has 30 heavy (non-hydrogen) atoms. The highest BCUT2D eigenvalue weighted by Crippen LogP contribution is 2.20. The van der Waals surface area contributed by atoms with Crippen LogP contribution in [0, 0.1) is 5.82 Å². The normalized spacial score (nSPS) is 10.6. The molecule has 8 heteroatoms. The molecular formula is C22H17ClFN3O3. The van der Waals surface area contributed by atoms with Crippen LogP contribution in [0.5, 0.6) is 5.75 Å². The van der Waals surface area contributed by atoms with Crippen LogP contribution in [0.2, 0.25) is 5.02 Å². The van der Waals surface area contributed by atoms with E-state index in [4.69, 9.17) is 16.3 Å². The number of carbonyl (C=O) groups is 2. The number of hydrogen-bond donors (Lipinski definition) is 2. The first-order valence-electron chi connectivity index (χ1n) is 8.87. The zero-order chi connectivity index (χ0) is 21.3. The maximum Gasteiger partial charge on any atom is 0.271 e. The van der Waals surface area contributed by atoms with Crippen LogP contribution in [0.4, 0.5) is 10.1 Å². The standard InChI is InChI=1S/C22H17ClFN3O3/c23-19-3-1-2-4-20(19)26-21(28)14-30-18-11-5-15(6-12-18)13-25-27-22(29)16-7-9-17(24)10-8-16/h1-13H,14H2,(H,26,28)(H,27,29)/b25-13+. The summed E-state index contributed by atoms with van der Waals surface area (Å²) in [6, 6.07) is 18.8. The number of hydrazone groups is 1. The molecule has 0 heterocycles. The van der Waals surface area contributed by atoms with E-state index in [0.717, 1.165) is 0 Å². The molecule has 0 fully saturated rings. The predicted molar refractivity (Wildman–Crippen MR) is 113 cm³/mol. The van der Waals surface area contributed by atoms with Gasteiger partial charge in [-0.15, -0.1) is 0 Å². The molecule has 0 saturated carbocycles. The minimum Gasteiger partial charge on any atom is -0.484 e. The molecule has 0 unspecified atom stereocenters. The summed E-state index contributed by atoms with van der Waals surface area (Å²) < 4.78 is 18.3. The van der Waals surface area contributed by atoms with Crippen LogP contribution in [0.15, 0.2) is 77.9 Å². The highest BCUT2D eigenvalue weighted by molar-refractivity contribution is 6.33. The van der Waals surface area contributed by atoms with Crippen molar-refractivity contribution in [3.63, 3.8) is 0 Å². The van der Waals surface area contributed by atoms with Crippen LogP contribution in [0.25, 0.3) is 0 Å². The largest absolute Gasteiger partial charge is 0.484 e. The Labute approximate surface area is 177 Å². The van der Waals surface area contributed by atoms with Crippen LogP contribution in [0.3, 0.4) is 0 Å². The molecule has 6 nitrogen and oxygen atoms in total. The van der Waals surface area contributed by atoms with Crippen LogP contribution in [0.1, 0.15) is 15.9 Å². The number of para-hydroxylation sites is 1. The van der Waals surface area contributed by atoms with Gasteiger partial charge in [-0.2, -0.15) is 5.10 Å². The van der Waals surface area contributed by atoms with E-state index in [1.54, 1.807) is 48.5 Å². The first-order chi connectivity index (χ1) is 14.5. The van der Waals surface area contributed by atoms with Gasteiger partial charge in [0.25, 0.3) is 11.8 Å². The number of rotatable bonds is 7. The molecule has 152 valence electrons. The number of carbonyl (C=O) groups excluding carboxylic acids is 2. The zero-order valence-corrected chi connectivity index (χ0v) is 16.4. The summed E-state index contributed by atoms with van der Waals surface area (Å²) >= 11 is 6.00. The van der Waals surface area contributed by atoms with Gasteiger partial charge in [0.1, 0.15) is 11.6 Å². The summed E-state index contributed by atoms with van der Waals surface area (Å²) in [5.41, 5.74) is 3.89. The first kappa shape index (κ1) is 21.0. The van der Waals surface area contributed by atoms with E-state index in [9.17, 15) is 14.0 Å². The van der Waals surface area contributed by atoms with Crippen molar-refractivity contribution >= 4 is 35.3 Å². The number of benzene rings is 3. The Hall–Kier alpha value is -3.71. The molecule has 2 amide bonds. The Balaban J connectivity index is 1.47. The highest BCUT2D eigenvalue weighted by Gasteiger charge is 2.06. The number of amides is 2. The molecule has 0 atom stereocenters. The Morgan fingerprint density at radius 2 is 1.70 bits per heavy atom. The van der Waals surface area contributed by atoms with Crippen molar-refractivity contribution in [3.05, 3.63) is 94.8 Å². The second-order valence-corrected chi connectivity index (χ2v) is 6.50. The molecule has 0 bridgehead atoms. The third kappa shape index (κ3) is 6.15. The Bertz CT molecular complexity index is 1050. The molecule has 0 saturated heterocycles. The number of nitrogens with zero attached hydrogens (tertiary/aromatic N) is 1. The second-order valence-electron chi connectivity index (χ2n) is 6.09. The lowest BCUT2D eigenvalue weighted by Crippen LogP contribution is -2.20. The maximum absolute atomic E-state index is 12.9. The molecule has 0 aliphatic heterocycles. The van der Waals surface area contributed by atoms with Crippen molar-refractivity contribution in [2.45, 2.75) is 0 Å². The average molecular weight is 426 g/mol. The fourth-order valence-electron chi connectivity index (χ4n) is 2.38. The van der Waals surface area contributed by atoms with Crippen LogP contribution < -0.4 is 15.5 Å². The van der Waals surface area contributed by atoms with Crippen molar-refractivity contribution in [1.82, 2.24) is 5.43 Å². The van der Waals surface area contributed by atoms with E-state index in [1.165, 1.54) is 30.5 Å². The fraction of sp³-hybridized carbons (Fsp3) is 0.0455. The number of anilines is 1. The monoisotopic (exact) mass is 425 g/mol. The van der Waals surface area contributed by atoms with Gasteiger partial charge in [-0.1, -0.05) is 23.7 Å². The Morgan fingerprint density at radius 3 is 2.40 bits per heavy atom. The van der Waals surface area contributed by atoms with Gasteiger partial charge in [-0.05, 0) is 66.2 Å². The number of ether oxygens (including phenoxy) is 1. The smallest absolute Gasteiger partial charge is 0.271 e. The SMILES string of the molecule is O=C(COc1ccc(/C=N/NC(=O)c2ccc(F)cc2)cc1)Nc1ccccc1Cl. The lowest BCUT2D eigenvalue weighted by Gasteiger charge is -2.08. The molecule has 0 aliphatic carbocycles. The highest BCUT2D eigenvalue weighted by atomic mass is 35.5.